The minimum atomic E-state index is 0.419. The lowest BCUT2D eigenvalue weighted by Crippen LogP contribution is -2.14. The number of fused-ring (bicyclic) bond motifs is 1. The Balaban J connectivity index is 2.07. The van der Waals surface area contributed by atoms with Crippen molar-refractivity contribution in [2.45, 2.75) is 23.8 Å². The van der Waals surface area contributed by atoms with E-state index in [0.717, 1.165) is 23.4 Å². The Morgan fingerprint density at radius 3 is 3.12 bits per heavy atom. The molecule has 16 heavy (non-hydrogen) atoms. The Hall–Kier alpha value is -1.00. The molecule has 3 nitrogen and oxygen atoms in total. The van der Waals surface area contributed by atoms with E-state index in [-0.39, 0.29) is 0 Å². The van der Waals surface area contributed by atoms with Gasteiger partial charge in [0.2, 0.25) is 0 Å². The number of benzene rings is 1. The molecule has 0 unspecified atom stereocenters. The summed E-state index contributed by atoms with van der Waals surface area (Å²) in [5.41, 5.74) is 2.26. The van der Waals surface area contributed by atoms with E-state index in [9.17, 15) is 0 Å². The first-order valence-electron chi connectivity index (χ1n) is 5.64. The number of aromatic nitrogens is 2. The summed E-state index contributed by atoms with van der Waals surface area (Å²) in [4.78, 5) is 9.40. The molecule has 0 aliphatic carbocycles. The first-order valence-corrected chi connectivity index (χ1v) is 6.87. The number of thioether (sulfide) groups is 1. The summed E-state index contributed by atoms with van der Waals surface area (Å²) < 4.78 is 0. The summed E-state index contributed by atoms with van der Waals surface area (Å²) in [6.07, 6.45) is 4.53. The Labute approximate surface area is 99.0 Å². The van der Waals surface area contributed by atoms with Crippen LogP contribution in [0.5, 0.6) is 0 Å². The highest BCUT2D eigenvalue weighted by atomic mass is 32.2. The SMILES string of the molecule is CSc1cccc2[nH]c([C@@H]3CCCN3)nc12. The van der Waals surface area contributed by atoms with E-state index >= 15 is 0 Å². The molecule has 1 atom stereocenters. The van der Waals surface area contributed by atoms with Crippen LogP contribution in [-0.4, -0.2) is 22.8 Å². The summed E-state index contributed by atoms with van der Waals surface area (Å²) in [7, 11) is 0. The Kier molecular flexibility index (Phi) is 2.61. The van der Waals surface area contributed by atoms with Gasteiger partial charge < -0.3 is 10.3 Å². The third-order valence-electron chi connectivity index (χ3n) is 3.10. The van der Waals surface area contributed by atoms with Crippen molar-refractivity contribution in [2.75, 3.05) is 12.8 Å². The second-order valence-corrected chi connectivity index (χ2v) is 4.98. The predicted octanol–water partition coefficient (Wildman–Crippen LogP) is 2.71. The van der Waals surface area contributed by atoms with Crippen molar-refractivity contribution in [3.8, 4) is 0 Å². The van der Waals surface area contributed by atoms with E-state index in [1.165, 1.54) is 17.7 Å². The molecule has 2 heterocycles. The van der Waals surface area contributed by atoms with Gasteiger partial charge in [-0.25, -0.2) is 4.98 Å². The summed E-state index contributed by atoms with van der Waals surface area (Å²) in [6, 6.07) is 6.72. The maximum Gasteiger partial charge on any atom is 0.124 e. The molecule has 2 aromatic rings. The maximum absolute atomic E-state index is 4.73. The van der Waals surface area contributed by atoms with E-state index in [0.29, 0.717) is 6.04 Å². The number of imidazole rings is 1. The summed E-state index contributed by atoms with van der Waals surface area (Å²) in [5, 5.41) is 3.47. The van der Waals surface area contributed by atoms with Crippen molar-refractivity contribution in [1.82, 2.24) is 15.3 Å². The quantitative estimate of drug-likeness (QED) is 0.784. The number of aromatic amines is 1. The summed E-state index contributed by atoms with van der Waals surface area (Å²) in [6.45, 7) is 1.11. The standard InChI is InChI=1S/C12H15N3S/c1-16-10-6-2-4-8-11(10)15-12(14-8)9-5-3-7-13-9/h2,4,6,9,13H,3,5,7H2,1H3,(H,14,15)/t9-/m0/s1. The molecule has 0 amide bonds. The lowest BCUT2D eigenvalue weighted by atomic mass is 10.2. The predicted molar refractivity (Wildman–Crippen MR) is 67.9 cm³/mol. The molecule has 1 aromatic carbocycles. The van der Waals surface area contributed by atoms with Gasteiger partial charge >= 0.3 is 0 Å². The number of H-pyrrole nitrogens is 1. The van der Waals surface area contributed by atoms with Gasteiger partial charge in [-0.05, 0) is 37.8 Å². The zero-order chi connectivity index (χ0) is 11.0. The van der Waals surface area contributed by atoms with E-state index in [1.54, 1.807) is 11.8 Å². The van der Waals surface area contributed by atoms with Crippen molar-refractivity contribution in [1.29, 1.82) is 0 Å². The highest BCUT2D eigenvalue weighted by molar-refractivity contribution is 7.98. The van der Waals surface area contributed by atoms with E-state index in [2.05, 4.69) is 34.8 Å². The fourth-order valence-electron chi connectivity index (χ4n) is 2.27. The van der Waals surface area contributed by atoms with Gasteiger partial charge in [-0.1, -0.05) is 6.07 Å². The zero-order valence-electron chi connectivity index (χ0n) is 9.29. The van der Waals surface area contributed by atoms with Crippen LogP contribution in [0.4, 0.5) is 0 Å². The lowest BCUT2D eigenvalue weighted by Gasteiger charge is -2.04. The van der Waals surface area contributed by atoms with Crippen molar-refractivity contribution in [3.05, 3.63) is 24.0 Å². The fraction of sp³-hybridized carbons (Fsp3) is 0.417. The highest BCUT2D eigenvalue weighted by Crippen LogP contribution is 2.28. The number of nitrogens with zero attached hydrogens (tertiary/aromatic N) is 1. The minimum absolute atomic E-state index is 0.419. The highest BCUT2D eigenvalue weighted by Gasteiger charge is 2.19. The molecular weight excluding hydrogens is 218 g/mol. The number of hydrogen-bond donors (Lipinski definition) is 2. The van der Waals surface area contributed by atoms with E-state index < -0.39 is 0 Å². The van der Waals surface area contributed by atoms with E-state index in [1.807, 2.05) is 0 Å². The molecule has 1 fully saturated rings. The van der Waals surface area contributed by atoms with Crippen molar-refractivity contribution in [3.63, 3.8) is 0 Å². The smallest absolute Gasteiger partial charge is 0.124 e. The molecule has 0 spiro atoms. The van der Waals surface area contributed by atoms with Crippen molar-refractivity contribution in [2.24, 2.45) is 0 Å². The van der Waals surface area contributed by atoms with Crippen LogP contribution in [0.15, 0.2) is 23.1 Å². The van der Waals surface area contributed by atoms with Crippen LogP contribution in [0.3, 0.4) is 0 Å². The van der Waals surface area contributed by atoms with Crippen LogP contribution in [0.2, 0.25) is 0 Å². The molecule has 1 aliphatic heterocycles. The van der Waals surface area contributed by atoms with Crippen LogP contribution in [0.1, 0.15) is 24.7 Å². The molecule has 1 aliphatic rings. The average Bonchev–Trinajstić information content (AvgIpc) is 2.96. The fourth-order valence-corrected chi connectivity index (χ4v) is 2.84. The van der Waals surface area contributed by atoms with Crippen molar-refractivity contribution < 1.29 is 0 Å². The molecule has 2 N–H and O–H groups in total. The van der Waals surface area contributed by atoms with Crippen LogP contribution >= 0.6 is 11.8 Å². The maximum atomic E-state index is 4.73. The number of para-hydroxylation sites is 1. The van der Waals surface area contributed by atoms with Gasteiger partial charge in [0, 0.05) is 4.90 Å². The third-order valence-corrected chi connectivity index (χ3v) is 3.87. The van der Waals surface area contributed by atoms with Gasteiger partial charge in [0.05, 0.1) is 11.6 Å². The third kappa shape index (κ3) is 1.62. The Morgan fingerprint density at radius 1 is 1.44 bits per heavy atom. The minimum Gasteiger partial charge on any atom is -0.341 e. The van der Waals surface area contributed by atoms with Gasteiger partial charge in [-0.2, -0.15) is 0 Å². The topological polar surface area (TPSA) is 40.7 Å². The molecule has 84 valence electrons. The second-order valence-electron chi connectivity index (χ2n) is 4.13. The van der Waals surface area contributed by atoms with Gasteiger partial charge in [0.1, 0.15) is 11.3 Å². The summed E-state index contributed by atoms with van der Waals surface area (Å²) >= 11 is 1.75. The second kappa shape index (κ2) is 4.11. The molecule has 4 heteroatoms. The first-order chi connectivity index (χ1) is 7.88. The Bertz CT molecular complexity index is 500. The van der Waals surface area contributed by atoms with Crippen molar-refractivity contribution >= 4 is 22.8 Å². The molecule has 0 saturated carbocycles. The number of rotatable bonds is 2. The van der Waals surface area contributed by atoms with Crippen LogP contribution < -0.4 is 5.32 Å². The van der Waals surface area contributed by atoms with Gasteiger partial charge in [-0.15, -0.1) is 11.8 Å². The largest absolute Gasteiger partial charge is 0.341 e. The molecule has 1 saturated heterocycles. The molecule has 0 radical (unpaired) electrons. The van der Waals surface area contributed by atoms with Crippen LogP contribution in [0, 0.1) is 0 Å². The van der Waals surface area contributed by atoms with Crippen LogP contribution in [-0.2, 0) is 0 Å². The first kappa shape index (κ1) is 10.2. The van der Waals surface area contributed by atoms with Crippen LogP contribution in [0.25, 0.3) is 11.0 Å². The number of nitrogens with one attached hydrogen (secondary N) is 2. The van der Waals surface area contributed by atoms with Gasteiger partial charge in [0.15, 0.2) is 0 Å². The normalized spacial score (nSPS) is 20.7. The Morgan fingerprint density at radius 2 is 2.38 bits per heavy atom. The zero-order valence-corrected chi connectivity index (χ0v) is 10.1. The average molecular weight is 233 g/mol. The number of hydrogen-bond acceptors (Lipinski definition) is 3. The molecule has 1 aromatic heterocycles. The molecule has 3 rings (SSSR count). The van der Waals surface area contributed by atoms with Gasteiger partial charge in [-0.3, -0.25) is 0 Å². The molecular formula is C12H15N3S. The molecule has 0 bridgehead atoms. The summed E-state index contributed by atoms with van der Waals surface area (Å²) in [5.74, 6) is 1.09. The lowest BCUT2D eigenvalue weighted by molar-refractivity contribution is 0.614. The van der Waals surface area contributed by atoms with Gasteiger partial charge in [0.25, 0.3) is 0 Å². The monoisotopic (exact) mass is 233 g/mol. The van der Waals surface area contributed by atoms with E-state index in [4.69, 9.17) is 4.98 Å².